The number of benzene rings is 1. The van der Waals surface area contributed by atoms with Crippen LogP contribution < -0.4 is 5.32 Å². The molecule has 0 aliphatic carbocycles. The van der Waals surface area contributed by atoms with Gasteiger partial charge in [0, 0.05) is 23.8 Å². The molecular formula is C16H16N4O. The number of carbonyl (C=O) groups is 1. The number of hydrogen-bond donors (Lipinski definition) is 2. The molecule has 0 spiro atoms. The minimum absolute atomic E-state index is 0.145. The molecule has 2 N–H and O–H groups in total. The smallest absolute Gasteiger partial charge is 0.272 e. The van der Waals surface area contributed by atoms with Gasteiger partial charge in [0.2, 0.25) is 0 Å². The van der Waals surface area contributed by atoms with Gasteiger partial charge in [0.15, 0.2) is 5.69 Å². The van der Waals surface area contributed by atoms with Crippen LogP contribution in [-0.4, -0.2) is 27.6 Å². The summed E-state index contributed by atoms with van der Waals surface area (Å²) in [6.45, 7) is 0.608. The highest BCUT2D eigenvalue weighted by molar-refractivity contribution is 6.04. The van der Waals surface area contributed by atoms with E-state index >= 15 is 0 Å². The number of aromatic nitrogens is 3. The van der Waals surface area contributed by atoms with E-state index in [4.69, 9.17) is 0 Å². The maximum Gasteiger partial charge on any atom is 0.272 e. The van der Waals surface area contributed by atoms with Gasteiger partial charge in [-0.1, -0.05) is 24.3 Å². The van der Waals surface area contributed by atoms with Crippen LogP contribution in [0.15, 0.2) is 48.7 Å². The molecule has 0 radical (unpaired) electrons. The van der Waals surface area contributed by atoms with Gasteiger partial charge in [-0.3, -0.25) is 14.9 Å². The largest absolute Gasteiger partial charge is 0.351 e. The Morgan fingerprint density at radius 2 is 2.00 bits per heavy atom. The van der Waals surface area contributed by atoms with Gasteiger partial charge >= 0.3 is 0 Å². The zero-order chi connectivity index (χ0) is 14.5. The third-order valence-electron chi connectivity index (χ3n) is 3.31. The summed E-state index contributed by atoms with van der Waals surface area (Å²) in [6, 6.07) is 13.5. The van der Waals surface area contributed by atoms with Crippen molar-refractivity contribution in [2.45, 2.75) is 12.8 Å². The number of amides is 1. The summed E-state index contributed by atoms with van der Waals surface area (Å²) in [5, 5.41) is 10.7. The standard InChI is InChI=1S/C16H16N4O/c21-16(15-13-8-1-2-9-14(13)19-20-15)18-11-5-7-12-6-3-4-10-17-12/h1-4,6,8-10H,5,7,11H2,(H,18,21)(H,19,20). The molecule has 0 atom stereocenters. The molecule has 1 aromatic carbocycles. The van der Waals surface area contributed by atoms with E-state index in [-0.39, 0.29) is 5.91 Å². The minimum Gasteiger partial charge on any atom is -0.351 e. The number of aryl methyl sites for hydroxylation is 1. The van der Waals surface area contributed by atoms with E-state index in [0.717, 1.165) is 29.4 Å². The lowest BCUT2D eigenvalue weighted by molar-refractivity contribution is 0.0950. The SMILES string of the molecule is O=C(NCCCc1ccccn1)c1n[nH]c2ccccc12. The van der Waals surface area contributed by atoms with E-state index in [9.17, 15) is 4.79 Å². The lowest BCUT2D eigenvalue weighted by Crippen LogP contribution is -2.25. The third-order valence-corrected chi connectivity index (χ3v) is 3.31. The molecule has 0 aliphatic rings. The Hall–Kier alpha value is -2.69. The van der Waals surface area contributed by atoms with Crippen LogP contribution in [0.25, 0.3) is 10.9 Å². The van der Waals surface area contributed by atoms with Crippen LogP contribution in [0.1, 0.15) is 22.6 Å². The van der Waals surface area contributed by atoms with Crippen LogP contribution in [0.5, 0.6) is 0 Å². The molecule has 5 heteroatoms. The monoisotopic (exact) mass is 280 g/mol. The van der Waals surface area contributed by atoms with Crippen molar-refractivity contribution in [3.63, 3.8) is 0 Å². The highest BCUT2D eigenvalue weighted by atomic mass is 16.1. The summed E-state index contributed by atoms with van der Waals surface area (Å²) in [5.74, 6) is -0.145. The molecule has 0 bridgehead atoms. The lowest BCUT2D eigenvalue weighted by atomic mass is 10.2. The second kappa shape index (κ2) is 6.17. The summed E-state index contributed by atoms with van der Waals surface area (Å²) in [6.07, 6.45) is 3.48. The number of hydrogen-bond acceptors (Lipinski definition) is 3. The van der Waals surface area contributed by atoms with Crippen LogP contribution in [-0.2, 0) is 6.42 Å². The van der Waals surface area contributed by atoms with E-state index < -0.39 is 0 Å². The molecule has 5 nitrogen and oxygen atoms in total. The topological polar surface area (TPSA) is 70.7 Å². The van der Waals surface area contributed by atoms with Gasteiger partial charge in [0.1, 0.15) is 0 Å². The second-order valence-corrected chi connectivity index (χ2v) is 4.80. The van der Waals surface area contributed by atoms with Crippen LogP contribution >= 0.6 is 0 Å². The van der Waals surface area contributed by atoms with E-state index in [1.54, 1.807) is 6.20 Å². The fourth-order valence-corrected chi connectivity index (χ4v) is 2.24. The molecule has 0 unspecified atom stereocenters. The van der Waals surface area contributed by atoms with Crippen molar-refractivity contribution < 1.29 is 4.79 Å². The number of pyridine rings is 1. The second-order valence-electron chi connectivity index (χ2n) is 4.80. The maximum atomic E-state index is 12.1. The fraction of sp³-hybridized carbons (Fsp3) is 0.188. The molecule has 2 heterocycles. The normalized spacial score (nSPS) is 10.7. The van der Waals surface area contributed by atoms with Gasteiger partial charge in [-0.15, -0.1) is 0 Å². The zero-order valence-electron chi connectivity index (χ0n) is 11.5. The molecule has 106 valence electrons. The number of nitrogens with zero attached hydrogens (tertiary/aromatic N) is 2. The minimum atomic E-state index is -0.145. The van der Waals surface area contributed by atoms with E-state index in [2.05, 4.69) is 20.5 Å². The maximum absolute atomic E-state index is 12.1. The lowest BCUT2D eigenvalue weighted by Gasteiger charge is -2.03. The van der Waals surface area contributed by atoms with E-state index in [0.29, 0.717) is 12.2 Å². The first-order chi connectivity index (χ1) is 10.3. The predicted octanol–water partition coefficient (Wildman–Crippen LogP) is 2.32. The Morgan fingerprint density at radius 1 is 1.14 bits per heavy atom. The van der Waals surface area contributed by atoms with Crippen molar-refractivity contribution >= 4 is 16.8 Å². The Morgan fingerprint density at radius 3 is 2.86 bits per heavy atom. The Kier molecular flexibility index (Phi) is 3.91. The Labute approximate surface area is 122 Å². The van der Waals surface area contributed by atoms with Gasteiger partial charge in [-0.2, -0.15) is 5.10 Å². The Balaban J connectivity index is 1.55. The van der Waals surface area contributed by atoms with E-state index in [1.807, 2.05) is 42.5 Å². The number of fused-ring (bicyclic) bond motifs is 1. The van der Waals surface area contributed by atoms with Crippen LogP contribution in [0.3, 0.4) is 0 Å². The first kappa shape index (κ1) is 13.3. The van der Waals surface area contributed by atoms with Crippen LogP contribution in [0, 0.1) is 0 Å². The number of aromatic amines is 1. The fourth-order valence-electron chi connectivity index (χ4n) is 2.24. The van der Waals surface area contributed by atoms with Crippen molar-refractivity contribution in [1.82, 2.24) is 20.5 Å². The number of rotatable bonds is 5. The molecule has 0 aliphatic heterocycles. The number of nitrogens with one attached hydrogen (secondary N) is 2. The summed E-state index contributed by atoms with van der Waals surface area (Å²) in [7, 11) is 0. The molecule has 21 heavy (non-hydrogen) atoms. The molecule has 0 saturated heterocycles. The number of carbonyl (C=O) groups excluding carboxylic acids is 1. The summed E-state index contributed by atoms with van der Waals surface area (Å²) in [5.41, 5.74) is 2.36. The summed E-state index contributed by atoms with van der Waals surface area (Å²) < 4.78 is 0. The van der Waals surface area contributed by atoms with Gasteiger partial charge in [-0.25, -0.2) is 0 Å². The van der Waals surface area contributed by atoms with Crippen molar-refractivity contribution in [2.24, 2.45) is 0 Å². The number of H-pyrrole nitrogens is 1. The zero-order valence-corrected chi connectivity index (χ0v) is 11.5. The van der Waals surface area contributed by atoms with Crippen LogP contribution in [0.4, 0.5) is 0 Å². The highest BCUT2D eigenvalue weighted by Gasteiger charge is 2.12. The summed E-state index contributed by atoms with van der Waals surface area (Å²) in [4.78, 5) is 16.4. The molecule has 3 aromatic rings. The molecule has 0 saturated carbocycles. The molecule has 0 fully saturated rings. The quantitative estimate of drug-likeness (QED) is 0.705. The number of para-hydroxylation sites is 1. The first-order valence-corrected chi connectivity index (χ1v) is 6.96. The van der Waals surface area contributed by atoms with Gasteiger partial charge < -0.3 is 5.32 Å². The van der Waals surface area contributed by atoms with Crippen LogP contribution in [0.2, 0.25) is 0 Å². The molecular weight excluding hydrogens is 264 g/mol. The Bertz CT molecular complexity index is 736. The van der Waals surface area contributed by atoms with Crippen molar-refractivity contribution in [2.75, 3.05) is 6.54 Å². The third kappa shape index (κ3) is 3.08. The summed E-state index contributed by atoms with van der Waals surface area (Å²) >= 11 is 0. The molecule has 3 rings (SSSR count). The highest BCUT2D eigenvalue weighted by Crippen LogP contribution is 2.14. The average Bonchev–Trinajstić information content (AvgIpc) is 2.96. The first-order valence-electron chi connectivity index (χ1n) is 6.96. The van der Waals surface area contributed by atoms with E-state index in [1.165, 1.54) is 0 Å². The molecule has 2 aromatic heterocycles. The van der Waals surface area contributed by atoms with Crippen molar-refractivity contribution in [3.05, 3.63) is 60.0 Å². The van der Waals surface area contributed by atoms with Gasteiger partial charge in [-0.05, 0) is 31.0 Å². The van der Waals surface area contributed by atoms with Gasteiger partial charge in [0.05, 0.1) is 5.52 Å². The predicted molar refractivity (Wildman–Crippen MR) is 81.0 cm³/mol. The van der Waals surface area contributed by atoms with Crippen molar-refractivity contribution in [3.8, 4) is 0 Å². The van der Waals surface area contributed by atoms with Crippen molar-refractivity contribution in [1.29, 1.82) is 0 Å². The molecule has 1 amide bonds. The average molecular weight is 280 g/mol. The van der Waals surface area contributed by atoms with Gasteiger partial charge in [0.25, 0.3) is 5.91 Å².